The summed E-state index contributed by atoms with van der Waals surface area (Å²) in [4.78, 5) is 49.7. The maximum atomic E-state index is 12.7. The number of carbonyl (C=O) groups is 4. The van der Waals surface area contributed by atoms with Gasteiger partial charge in [-0.05, 0) is 35.7 Å². The molecule has 0 radical (unpaired) electrons. The summed E-state index contributed by atoms with van der Waals surface area (Å²) in [5.74, 6) is 3.83. The van der Waals surface area contributed by atoms with Gasteiger partial charge in [-0.2, -0.15) is 0 Å². The quantitative estimate of drug-likeness (QED) is 0.386. The molecule has 4 amide bonds. The van der Waals surface area contributed by atoms with Crippen LogP contribution in [0, 0.1) is 11.8 Å². The van der Waals surface area contributed by atoms with Gasteiger partial charge in [0.2, 0.25) is 11.8 Å². The lowest BCUT2D eigenvalue weighted by Crippen LogP contribution is -2.52. The third-order valence-electron chi connectivity index (χ3n) is 5.31. The number of carbonyl (C=O) groups excluding carboxylic acids is 4. The van der Waals surface area contributed by atoms with Crippen LogP contribution in [0.3, 0.4) is 0 Å². The van der Waals surface area contributed by atoms with Crippen molar-refractivity contribution in [3.63, 3.8) is 0 Å². The minimum absolute atomic E-state index is 0.212. The third kappa shape index (κ3) is 4.26. The van der Waals surface area contributed by atoms with Gasteiger partial charge in [0, 0.05) is 42.2 Å². The van der Waals surface area contributed by atoms with Crippen LogP contribution < -0.4 is 16.4 Å². The Kier molecular flexibility index (Phi) is 5.41. The number of nitrogen functional groups attached to an aromatic ring is 1. The summed E-state index contributed by atoms with van der Waals surface area (Å²) in [6.45, 7) is 0.535. The van der Waals surface area contributed by atoms with Crippen molar-refractivity contribution in [3.8, 4) is 11.8 Å². The van der Waals surface area contributed by atoms with Crippen LogP contribution in [-0.2, 0) is 27.5 Å². The molecule has 8 nitrogen and oxygen atoms in total. The smallest absolute Gasteiger partial charge is 0.296 e. The summed E-state index contributed by atoms with van der Waals surface area (Å²) in [7, 11) is 0. The fourth-order valence-corrected chi connectivity index (χ4v) is 3.70. The minimum Gasteiger partial charge on any atom is -0.398 e. The van der Waals surface area contributed by atoms with E-state index in [4.69, 9.17) is 5.73 Å². The molecule has 0 saturated carbocycles. The third-order valence-corrected chi connectivity index (χ3v) is 5.31. The van der Waals surface area contributed by atoms with Crippen molar-refractivity contribution in [2.45, 2.75) is 32.0 Å². The van der Waals surface area contributed by atoms with Crippen LogP contribution in [0.25, 0.3) is 0 Å². The average Bonchev–Trinajstić information content (AvgIpc) is 3.07. The van der Waals surface area contributed by atoms with Crippen molar-refractivity contribution in [1.82, 2.24) is 15.5 Å². The number of fused-ring (bicyclic) bond motifs is 1. The van der Waals surface area contributed by atoms with Crippen molar-refractivity contribution in [3.05, 3.63) is 64.7 Å². The van der Waals surface area contributed by atoms with Crippen molar-refractivity contribution in [2.75, 3.05) is 5.73 Å². The Hall–Kier alpha value is -4.12. The van der Waals surface area contributed by atoms with E-state index in [0.717, 1.165) is 11.1 Å². The fraction of sp³-hybridized carbons (Fsp3) is 0.217. The van der Waals surface area contributed by atoms with Gasteiger partial charge >= 0.3 is 0 Å². The second-order valence-electron chi connectivity index (χ2n) is 7.41. The van der Waals surface area contributed by atoms with Crippen molar-refractivity contribution in [2.24, 2.45) is 0 Å². The van der Waals surface area contributed by atoms with E-state index in [0.29, 0.717) is 23.2 Å². The number of hydrogen-bond acceptors (Lipinski definition) is 5. The molecule has 156 valence electrons. The van der Waals surface area contributed by atoms with Gasteiger partial charge in [0.05, 0.1) is 0 Å². The molecule has 4 rings (SSSR count). The SMILES string of the molecule is Nc1ccccc1C#CC(=O)NCc1ccc2c(c1)CN(C1CCC(=O)NC1=O)C2=O. The maximum absolute atomic E-state index is 12.7. The molecule has 0 bridgehead atoms. The lowest BCUT2D eigenvalue weighted by Gasteiger charge is -2.29. The van der Waals surface area contributed by atoms with Crippen LogP contribution in [0.2, 0.25) is 0 Å². The second kappa shape index (κ2) is 8.32. The summed E-state index contributed by atoms with van der Waals surface area (Å²) in [6, 6.07) is 11.7. The van der Waals surface area contributed by atoms with Gasteiger partial charge in [0.15, 0.2) is 0 Å². The lowest BCUT2D eigenvalue weighted by molar-refractivity contribution is -0.137. The number of anilines is 1. The molecule has 31 heavy (non-hydrogen) atoms. The van der Waals surface area contributed by atoms with E-state index in [2.05, 4.69) is 22.5 Å². The zero-order chi connectivity index (χ0) is 22.0. The van der Waals surface area contributed by atoms with Crippen LogP contribution in [0.1, 0.15) is 39.9 Å². The van der Waals surface area contributed by atoms with Crippen LogP contribution in [0.15, 0.2) is 42.5 Å². The number of imide groups is 1. The van der Waals surface area contributed by atoms with E-state index in [1.165, 1.54) is 4.90 Å². The molecule has 2 aromatic rings. The molecule has 0 aromatic heterocycles. The molecular weight excluding hydrogens is 396 g/mol. The number of para-hydroxylation sites is 1. The van der Waals surface area contributed by atoms with Crippen molar-refractivity contribution in [1.29, 1.82) is 0 Å². The minimum atomic E-state index is -0.651. The Morgan fingerprint density at radius 1 is 1.19 bits per heavy atom. The summed E-state index contributed by atoms with van der Waals surface area (Å²) in [5.41, 5.74) is 9.02. The number of nitrogens with one attached hydrogen (secondary N) is 2. The molecule has 2 aliphatic heterocycles. The Balaban J connectivity index is 1.40. The highest BCUT2D eigenvalue weighted by atomic mass is 16.2. The highest BCUT2D eigenvalue weighted by Crippen LogP contribution is 2.28. The molecule has 2 aromatic carbocycles. The van der Waals surface area contributed by atoms with Crippen LogP contribution in [0.4, 0.5) is 5.69 Å². The molecule has 0 spiro atoms. The first-order chi connectivity index (χ1) is 14.9. The number of nitrogens with two attached hydrogens (primary N) is 1. The number of benzene rings is 2. The molecule has 0 aliphatic carbocycles. The van der Waals surface area contributed by atoms with Gasteiger partial charge in [0.25, 0.3) is 11.8 Å². The Morgan fingerprint density at radius 2 is 2.00 bits per heavy atom. The van der Waals surface area contributed by atoms with Crippen LogP contribution >= 0.6 is 0 Å². The van der Waals surface area contributed by atoms with Gasteiger partial charge in [-0.25, -0.2) is 0 Å². The maximum Gasteiger partial charge on any atom is 0.296 e. The normalized spacial score (nSPS) is 17.5. The van der Waals surface area contributed by atoms with E-state index in [-0.39, 0.29) is 31.3 Å². The van der Waals surface area contributed by atoms with Crippen LogP contribution in [0.5, 0.6) is 0 Å². The number of hydrogen-bond donors (Lipinski definition) is 3. The van der Waals surface area contributed by atoms with E-state index >= 15 is 0 Å². The molecule has 1 unspecified atom stereocenters. The summed E-state index contributed by atoms with van der Waals surface area (Å²) >= 11 is 0. The van der Waals surface area contributed by atoms with Gasteiger partial charge in [-0.1, -0.05) is 30.2 Å². The number of nitrogens with zero attached hydrogens (tertiary/aromatic N) is 1. The fourth-order valence-electron chi connectivity index (χ4n) is 3.70. The Morgan fingerprint density at radius 3 is 2.77 bits per heavy atom. The summed E-state index contributed by atoms with van der Waals surface area (Å²) < 4.78 is 0. The molecule has 1 fully saturated rings. The van der Waals surface area contributed by atoms with Gasteiger partial charge in [-0.15, -0.1) is 0 Å². The van der Waals surface area contributed by atoms with Gasteiger partial charge in [0.1, 0.15) is 6.04 Å². The van der Waals surface area contributed by atoms with Crippen LogP contribution in [-0.4, -0.2) is 34.6 Å². The molecule has 4 N–H and O–H groups in total. The van der Waals surface area contributed by atoms with E-state index in [1.54, 1.807) is 36.4 Å². The Labute approximate surface area is 178 Å². The summed E-state index contributed by atoms with van der Waals surface area (Å²) in [6.07, 6.45) is 0.529. The first-order valence-electron chi connectivity index (χ1n) is 9.83. The zero-order valence-corrected chi connectivity index (χ0v) is 16.6. The molecule has 1 atom stereocenters. The number of piperidine rings is 1. The molecule has 8 heteroatoms. The first-order valence-corrected chi connectivity index (χ1v) is 9.83. The second-order valence-corrected chi connectivity index (χ2v) is 7.41. The number of rotatable bonds is 3. The highest BCUT2D eigenvalue weighted by molar-refractivity contribution is 6.05. The number of amides is 4. The highest BCUT2D eigenvalue weighted by Gasteiger charge is 2.38. The molecule has 1 saturated heterocycles. The van der Waals surface area contributed by atoms with E-state index in [1.807, 2.05) is 6.07 Å². The Bertz CT molecular complexity index is 1160. The van der Waals surface area contributed by atoms with Crippen molar-refractivity contribution >= 4 is 29.3 Å². The molecular formula is C23H20N4O4. The van der Waals surface area contributed by atoms with Gasteiger partial charge < -0.3 is 16.0 Å². The summed E-state index contributed by atoms with van der Waals surface area (Å²) in [5, 5.41) is 5.01. The van der Waals surface area contributed by atoms with E-state index in [9.17, 15) is 19.2 Å². The molecule has 2 aliphatic rings. The largest absolute Gasteiger partial charge is 0.398 e. The zero-order valence-electron chi connectivity index (χ0n) is 16.6. The lowest BCUT2D eigenvalue weighted by atomic mass is 10.0. The molecule has 2 heterocycles. The monoisotopic (exact) mass is 416 g/mol. The van der Waals surface area contributed by atoms with Crippen molar-refractivity contribution < 1.29 is 19.2 Å². The standard InChI is InChI=1S/C23H20N4O4/c24-18-4-2-1-3-15(18)6-9-20(28)25-12-14-5-7-17-16(11-14)13-27(23(17)31)19-8-10-21(29)26-22(19)30/h1-5,7,11,19H,8,10,12-13,24H2,(H,25,28)(H,26,29,30). The van der Waals surface area contributed by atoms with Gasteiger partial charge in [-0.3, -0.25) is 24.5 Å². The van der Waals surface area contributed by atoms with E-state index < -0.39 is 17.9 Å². The topological polar surface area (TPSA) is 122 Å². The first kappa shape index (κ1) is 20.2. The predicted octanol–water partition coefficient (Wildman–Crippen LogP) is 0.698. The average molecular weight is 416 g/mol. The predicted molar refractivity (Wildman–Crippen MR) is 112 cm³/mol.